The summed E-state index contributed by atoms with van der Waals surface area (Å²) in [4.78, 5) is 11.2. The van der Waals surface area contributed by atoms with Crippen LogP contribution in [0.2, 0.25) is 0 Å². The van der Waals surface area contributed by atoms with Gasteiger partial charge in [0.05, 0.1) is 20.9 Å². The van der Waals surface area contributed by atoms with Gasteiger partial charge >= 0.3 is 0 Å². The Morgan fingerprint density at radius 2 is 1.77 bits per heavy atom. The van der Waals surface area contributed by atoms with E-state index in [4.69, 9.17) is 0 Å². The van der Waals surface area contributed by atoms with Crippen molar-refractivity contribution in [3.8, 4) is 5.82 Å². The molecular weight excluding hydrogens is 408 g/mol. The average molecular weight is 433 g/mol. The van der Waals surface area contributed by atoms with Crippen molar-refractivity contribution in [3.05, 3.63) is 73.1 Å². The van der Waals surface area contributed by atoms with E-state index in [0.717, 1.165) is 41.2 Å². The van der Waals surface area contributed by atoms with E-state index in [0.29, 0.717) is 17.5 Å². The molecule has 0 bridgehead atoms. The second-order valence-electron chi connectivity index (χ2n) is 7.73. The third kappa shape index (κ3) is 4.30. The van der Waals surface area contributed by atoms with Gasteiger partial charge in [-0.15, -0.1) is 0 Å². The van der Waals surface area contributed by atoms with Gasteiger partial charge in [0.25, 0.3) is 0 Å². The molecule has 0 amide bonds. The van der Waals surface area contributed by atoms with Crippen molar-refractivity contribution < 1.29 is 4.21 Å². The molecule has 2 aromatic heterocycles. The maximum atomic E-state index is 12.9. The summed E-state index contributed by atoms with van der Waals surface area (Å²) in [5, 5.41) is 4.41. The highest BCUT2D eigenvalue weighted by Gasteiger charge is 2.17. The topological polar surface area (TPSA) is 75.4 Å². The summed E-state index contributed by atoms with van der Waals surface area (Å²) in [7, 11) is -0.110. The minimum absolute atomic E-state index is 0.515. The van der Waals surface area contributed by atoms with Crippen LogP contribution >= 0.6 is 0 Å². The highest BCUT2D eigenvalue weighted by Crippen LogP contribution is 2.23. The molecule has 2 aromatic carbocycles. The van der Waals surface area contributed by atoms with Crippen LogP contribution in [0.25, 0.3) is 16.7 Å². The number of rotatable bonds is 4. The molecule has 1 fully saturated rings. The molecule has 5 rings (SSSR count). The predicted molar refractivity (Wildman–Crippen MR) is 126 cm³/mol. The highest BCUT2D eigenvalue weighted by molar-refractivity contribution is 7.93. The summed E-state index contributed by atoms with van der Waals surface area (Å²) < 4.78 is 19.5. The van der Waals surface area contributed by atoms with Crippen molar-refractivity contribution in [1.29, 1.82) is 0 Å². The second-order valence-corrected chi connectivity index (χ2v) is 10.3. The van der Waals surface area contributed by atoms with Crippen molar-refractivity contribution in [2.75, 3.05) is 37.0 Å². The first-order chi connectivity index (χ1) is 15.1. The first kappa shape index (κ1) is 19.7. The summed E-state index contributed by atoms with van der Waals surface area (Å²) in [6.45, 7) is 1.65. The fourth-order valence-electron chi connectivity index (χ4n) is 3.66. The number of nitrogens with one attached hydrogen (secondary N) is 1. The lowest BCUT2D eigenvalue weighted by atomic mass is 10.2. The number of fused-ring (bicyclic) bond motifs is 1. The molecule has 3 heterocycles. The van der Waals surface area contributed by atoms with Crippen LogP contribution in [0, 0.1) is 0 Å². The molecule has 1 aliphatic rings. The van der Waals surface area contributed by atoms with E-state index in [1.807, 2.05) is 53.2 Å². The number of aromatic nitrogens is 3. The predicted octanol–water partition coefficient (Wildman–Crippen LogP) is 4.21. The molecule has 1 aliphatic heterocycles. The summed E-state index contributed by atoms with van der Waals surface area (Å²) in [5.41, 5.74) is 2.70. The summed E-state index contributed by atoms with van der Waals surface area (Å²) >= 11 is 0. The molecule has 0 saturated carbocycles. The molecule has 0 unspecified atom stereocenters. The van der Waals surface area contributed by atoms with E-state index in [1.54, 1.807) is 6.20 Å². The molecule has 7 nitrogen and oxygen atoms in total. The Morgan fingerprint density at radius 1 is 1.00 bits per heavy atom. The van der Waals surface area contributed by atoms with Crippen LogP contribution in [0.4, 0.5) is 17.3 Å². The zero-order valence-corrected chi connectivity index (χ0v) is 18.1. The smallest absolute Gasteiger partial charge is 0.229 e. The van der Waals surface area contributed by atoms with Gasteiger partial charge in [0.15, 0.2) is 0 Å². The molecule has 0 atom stereocenters. The Hall–Kier alpha value is -3.23. The summed E-state index contributed by atoms with van der Waals surface area (Å²) in [5.74, 6) is 2.56. The van der Waals surface area contributed by atoms with Gasteiger partial charge in [-0.25, -0.2) is 9.19 Å². The molecule has 31 heavy (non-hydrogen) atoms. The first-order valence-corrected chi connectivity index (χ1v) is 12.1. The summed E-state index contributed by atoms with van der Waals surface area (Å²) in [6.07, 6.45) is 3.75. The van der Waals surface area contributed by atoms with Crippen molar-refractivity contribution in [3.63, 3.8) is 0 Å². The molecule has 0 radical (unpaired) electrons. The van der Waals surface area contributed by atoms with Gasteiger partial charge in [-0.1, -0.05) is 18.2 Å². The number of anilines is 2. The van der Waals surface area contributed by atoms with E-state index in [-0.39, 0.29) is 0 Å². The van der Waals surface area contributed by atoms with E-state index in [2.05, 4.69) is 49.8 Å². The largest absolute Gasteiger partial charge is 0.324 e. The molecule has 4 aromatic rings. The lowest BCUT2D eigenvalue weighted by molar-refractivity contribution is 0.366. The van der Waals surface area contributed by atoms with Gasteiger partial charge in [-0.2, -0.15) is 9.35 Å². The number of para-hydroxylation sites is 1. The van der Waals surface area contributed by atoms with Gasteiger partial charge < -0.3 is 14.8 Å². The minimum Gasteiger partial charge on any atom is -0.324 e. The van der Waals surface area contributed by atoms with Crippen LogP contribution < -0.4 is 5.32 Å². The summed E-state index contributed by atoms with van der Waals surface area (Å²) in [6, 6.07) is 19.8. The Labute approximate surface area is 181 Å². The number of benzene rings is 2. The molecule has 1 saturated heterocycles. The van der Waals surface area contributed by atoms with Crippen molar-refractivity contribution in [1.82, 2.24) is 19.4 Å². The van der Waals surface area contributed by atoms with Gasteiger partial charge in [0.1, 0.15) is 5.82 Å². The second kappa shape index (κ2) is 8.13. The van der Waals surface area contributed by atoms with Crippen molar-refractivity contribution in [2.24, 2.45) is 4.36 Å². The van der Waals surface area contributed by atoms with Crippen LogP contribution in [0.1, 0.15) is 0 Å². The first-order valence-electron chi connectivity index (χ1n) is 10.3. The monoisotopic (exact) mass is 432 g/mol. The number of nitrogens with zero attached hydrogens (tertiary/aromatic N) is 5. The van der Waals surface area contributed by atoms with Crippen molar-refractivity contribution in [2.45, 2.75) is 0 Å². The van der Waals surface area contributed by atoms with E-state index in [1.165, 1.54) is 0 Å². The highest BCUT2D eigenvalue weighted by atomic mass is 32.2. The lowest BCUT2D eigenvalue weighted by Crippen LogP contribution is -2.37. The van der Waals surface area contributed by atoms with Crippen LogP contribution in [0.5, 0.6) is 0 Å². The van der Waals surface area contributed by atoms with Crippen LogP contribution in [0.3, 0.4) is 0 Å². The Kier molecular flexibility index (Phi) is 5.17. The fourth-order valence-corrected chi connectivity index (χ4v) is 5.74. The quantitative estimate of drug-likeness (QED) is 0.523. The maximum absolute atomic E-state index is 12.9. The molecule has 0 spiro atoms. The zero-order valence-electron chi connectivity index (χ0n) is 17.3. The standard InChI is InChI=1S/C23H24N6OS/c1-28-14-16-31(30,17-15-28)27-20-8-6-19(7-9-20)25-23-24-12-10-22(26-23)29-13-11-18-4-2-3-5-21(18)29/h2-13H,14-17H2,1H3,(H,24,25,26). The molecular formula is C23H24N6OS. The third-order valence-electron chi connectivity index (χ3n) is 5.47. The molecule has 0 aliphatic carbocycles. The third-order valence-corrected chi connectivity index (χ3v) is 7.65. The van der Waals surface area contributed by atoms with Gasteiger partial charge in [-0.3, -0.25) is 0 Å². The molecule has 158 valence electrons. The fraction of sp³-hybridized carbons (Fsp3) is 0.217. The zero-order chi connectivity index (χ0) is 21.3. The Bertz CT molecular complexity index is 1320. The van der Waals surface area contributed by atoms with Crippen LogP contribution in [0.15, 0.2) is 77.4 Å². The van der Waals surface area contributed by atoms with Gasteiger partial charge in [-0.05, 0) is 54.9 Å². The van der Waals surface area contributed by atoms with Crippen LogP contribution in [-0.4, -0.2) is 55.3 Å². The number of hydrogen-bond donors (Lipinski definition) is 1. The van der Waals surface area contributed by atoms with Crippen LogP contribution in [-0.2, 0) is 9.73 Å². The molecule has 1 N–H and O–H groups in total. The maximum Gasteiger partial charge on any atom is 0.229 e. The van der Waals surface area contributed by atoms with Gasteiger partial charge in [0.2, 0.25) is 5.95 Å². The van der Waals surface area contributed by atoms with E-state index < -0.39 is 9.73 Å². The Morgan fingerprint density at radius 3 is 2.58 bits per heavy atom. The lowest BCUT2D eigenvalue weighted by Gasteiger charge is -2.24. The van der Waals surface area contributed by atoms with Gasteiger partial charge in [0, 0.05) is 42.7 Å². The van der Waals surface area contributed by atoms with Crippen molar-refractivity contribution >= 4 is 38.0 Å². The normalized spacial score (nSPS) is 16.3. The average Bonchev–Trinajstić information content (AvgIpc) is 3.22. The van der Waals surface area contributed by atoms with E-state index >= 15 is 0 Å². The number of hydrogen-bond acceptors (Lipinski definition) is 6. The molecule has 8 heteroatoms. The van der Waals surface area contributed by atoms with E-state index in [9.17, 15) is 4.21 Å². The SMILES string of the molecule is CN1CCS(=O)(=Nc2ccc(Nc3nccc(-n4ccc5ccccc54)n3)cc2)CC1. The minimum atomic E-state index is -2.16. The Balaban J connectivity index is 1.35.